The molecule has 0 aromatic heterocycles. The molecule has 2 rings (SSSR count). The highest BCUT2D eigenvalue weighted by molar-refractivity contribution is 14.0. The number of aliphatic imine (C=N–C) groups is 1. The number of nitrogens with zero attached hydrogens (tertiary/aromatic N) is 3. The maximum Gasteiger partial charge on any atom is 0.220 e. The van der Waals surface area contributed by atoms with Crippen LogP contribution in [0.15, 0.2) is 4.99 Å². The Balaban J connectivity index is 0.00000392. The molecule has 0 aromatic carbocycles. The molecule has 2 fully saturated rings. The predicted octanol–water partition coefficient (Wildman–Crippen LogP) is 2.93. The van der Waals surface area contributed by atoms with E-state index in [0.717, 1.165) is 45.0 Å². The monoisotopic (exact) mass is 507 g/mol. The third kappa shape index (κ3) is 8.43. The number of piperidine rings is 1. The van der Waals surface area contributed by atoms with Gasteiger partial charge in [-0.15, -0.1) is 24.0 Å². The summed E-state index contributed by atoms with van der Waals surface area (Å²) in [6, 6.07) is 0.562. The highest BCUT2D eigenvalue weighted by Gasteiger charge is 2.25. The molecular formula is C21H42IN5O. The summed E-state index contributed by atoms with van der Waals surface area (Å²) in [5.41, 5.74) is 0. The van der Waals surface area contributed by atoms with E-state index < -0.39 is 0 Å². The van der Waals surface area contributed by atoms with Gasteiger partial charge in [0, 0.05) is 39.1 Å². The number of guanidine groups is 1. The number of hydrogen-bond donors (Lipinski definition) is 2. The Morgan fingerprint density at radius 1 is 1.14 bits per heavy atom. The van der Waals surface area contributed by atoms with Gasteiger partial charge in [0.15, 0.2) is 5.96 Å². The van der Waals surface area contributed by atoms with Crippen molar-refractivity contribution in [2.45, 2.75) is 65.3 Å². The van der Waals surface area contributed by atoms with Crippen molar-refractivity contribution in [1.29, 1.82) is 0 Å². The maximum absolute atomic E-state index is 11.6. The van der Waals surface area contributed by atoms with Crippen LogP contribution in [-0.2, 0) is 4.79 Å². The lowest BCUT2D eigenvalue weighted by atomic mass is 9.93. The Labute approximate surface area is 189 Å². The molecule has 0 aromatic rings. The fraction of sp³-hybridized carbons (Fsp3) is 0.905. The van der Waals surface area contributed by atoms with Crippen molar-refractivity contribution in [3.8, 4) is 0 Å². The average Bonchev–Trinajstić information content (AvgIpc) is 3.19. The third-order valence-electron chi connectivity index (χ3n) is 5.85. The minimum Gasteiger partial charge on any atom is -0.359 e. The van der Waals surface area contributed by atoms with Crippen molar-refractivity contribution in [3.05, 3.63) is 0 Å². The van der Waals surface area contributed by atoms with Crippen molar-refractivity contribution in [2.24, 2.45) is 16.8 Å². The topological polar surface area (TPSA) is 60.0 Å². The van der Waals surface area contributed by atoms with Crippen LogP contribution in [0.25, 0.3) is 0 Å². The summed E-state index contributed by atoms with van der Waals surface area (Å²) in [7, 11) is 1.72. The van der Waals surface area contributed by atoms with Crippen LogP contribution in [0.4, 0.5) is 0 Å². The minimum atomic E-state index is 0. The van der Waals surface area contributed by atoms with E-state index in [1.165, 1.54) is 32.4 Å². The van der Waals surface area contributed by atoms with E-state index in [1.54, 1.807) is 7.05 Å². The lowest BCUT2D eigenvalue weighted by Gasteiger charge is -2.35. The van der Waals surface area contributed by atoms with Crippen molar-refractivity contribution < 1.29 is 4.79 Å². The second-order valence-electron chi connectivity index (χ2n) is 8.53. The molecule has 0 saturated carbocycles. The van der Waals surface area contributed by atoms with Gasteiger partial charge < -0.3 is 15.5 Å². The van der Waals surface area contributed by atoms with Crippen LogP contribution >= 0.6 is 24.0 Å². The minimum absolute atomic E-state index is 0. The molecule has 0 bridgehead atoms. The number of carbonyl (C=O) groups is 1. The first-order valence-corrected chi connectivity index (χ1v) is 11.0. The largest absolute Gasteiger partial charge is 0.359 e. The summed E-state index contributed by atoms with van der Waals surface area (Å²) >= 11 is 0. The predicted molar refractivity (Wildman–Crippen MR) is 128 cm³/mol. The van der Waals surface area contributed by atoms with E-state index in [-0.39, 0.29) is 29.9 Å². The molecule has 1 atom stereocenters. The number of hydrogen-bond acceptors (Lipinski definition) is 3. The van der Waals surface area contributed by atoms with Gasteiger partial charge in [-0.25, -0.2) is 0 Å². The van der Waals surface area contributed by atoms with Gasteiger partial charge in [-0.3, -0.25) is 14.7 Å². The molecule has 2 aliphatic heterocycles. The van der Waals surface area contributed by atoms with Gasteiger partial charge in [0.05, 0.1) is 6.54 Å². The molecule has 2 heterocycles. The molecular weight excluding hydrogens is 465 g/mol. The molecule has 6 nitrogen and oxygen atoms in total. The van der Waals surface area contributed by atoms with Crippen LogP contribution in [-0.4, -0.2) is 74.0 Å². The zero-order valence-electron chi connectivity index (χ0n) is 18.4. The number of amides is 1. The molecule has 0 radical (unpaired) electrons. The van der Waals surface area contributed by atoms with Crippen molar-refractivity contribution in [1.82, 2.24) is 20.4 Å². The van der Waals surface area contributed by atoms with Gasteiger partial charge in [-0.05, 0) is 64.0 Å². The maximum atomic E-state index is 11.6. The van der Waals surface area contributed by atoms with Gasteiger partial charge in [-0.1, -0.05) is 13.8 Å². The summed E-state index contributed by atoms with van der Waals surface area (Å²) in [6.45, 7) is 13.0. The molecule has 7 heteroatoms. The molecule has 28 heavy (non-hydrogen) atoms. The molecule has 1 amide bonds. The molecule has 1 unspecified atom stereocenters. The van der Waals surface area contributed by atoms with E-state index in [2.05, 4.69) is 41.2 Å². The summed E-state index contributed by atoms with van der Waals surface area (Å²) in [5, 5.41) is 6.24. The first-order chi connectivity index (χ1) is 13.0. The molecule has 2 aliphatic rings. The van der Waals surface area contributed by atoms with E-state index in [4.69, 9.17) is 4.99 Å². The van der Waals surface area contributed by atoms with Gasteiger partial charge in [0.2, 0.25) is 5.91 Å². The number of carbonyl (C=O) groups excluding carboxylic acids is 1. The summed E-state index contributed by atoms with van der Waals surface area (Å²) in [6.07, 6.45) is 6.67. The molecule has 0 spiro atoms. The second-order valence-corrected chi connectivity index (χ2v) is 8.53. The zero-order valence-corrected chi connectivity index (χ0v) is 20.7. The van der Waals surface area contributed by atoms with Crippen molar-refractivity contribution >= 4 is 35.8 Å². The highest BCUT2D eigenvalue weighted by Crippen LogP contribution is 2.21. The van der Waals surface area contributed by atoms with E-state index in [1.807, 2.05) is 0 Å². The smallest absolute Gasteiger partial charge is 0.220 e. The van der Waals surface area contributed by atoms with Gasteiger partial charge in [0.25, 0.3) is 0 Å². The van der Waals surface area contributed by atoms with Gasteiger partial charge in [0.1, 0.15) is 0 Å². The quantitative estimate of drug-likeness (QED) is 0.302. The van der Waals surface area contributed by atoms with Crippen LogP contribution in [0.1, 0.15) is 59.3 Å². The first kappa shape index (κ1) is 25.5. The van der Waals surface area contributed by atoms with Crippen LogP contribution in [0.3, 0.4) is 0 Å². The SMILES string of the molecule is CCNC(=NCC(CC(C)C)N1CCCC1)N1CCC(CC(=O)NC)CC1.I. The highest BCUT2D eigenvalue weighted by atomic mass is 127. The van der Waals surface area contributed by atoms with Crippen LogP contribution < -0.4 is 10.6 Å². The van der Waals surface area contributed by atoms with Crippen LogP contribution in [0, 0.1) is 11.8 Å². The fourth-order valence-corrected chi connectivity index (χ4v) is 4.32. The molecule has 2 saturated heterocycles. The summed E-state index contributed by atoms with van der Waals surface area (Å²) in [4.78, 5) is 21.7. The Bertz CT molecular complexity index is 471. The van der Waals surface area contributed by atoms with Crippen LogP contribution in [0.5, 0.6) is 0 Å². The second kappa shape index (κ2) is 13.6. The van der Waals surface area contributed by atoms with E-state index in [9.17, 15) is 4.79 Å². The zero-order chi connectivity index (χ0) is 19.6. The standard InChI is InChI=1S/C21H41N5O.HI/c1-5-23-21(26-12-8-18(9-13-26)15-20(27)22-4)24-16-19(14-17(2)3)25-10-6-7-11-25;/h17-19H,5-16H2,1-4H3,(H,22,27)(H,23,24);1H. The number of rotatable bonds is 8. The van der Waals surface area contributed by atoms with E-state index in [0.29, 0.717) is 24.3 Å². The van der Waals surface area contributed by atoms with Crippen molar-refractivity contribution in [2.75, 3.05) is 46.3 Å². The third-order valence-corrected chi connectivity index (χ3v) is 5.85. The normalized spacial score (nSPS) is 20.2. The number of nitrogens with one attached hydrogen (secondary N) is 2. The summed E-state index contributed by atoms with van der Waals surface area (Å²) < 4.78 is 0. The lowest BCUT2D eigenvalue weighted by Crippen LogP contribution is -2.47. The fourth-order valence-electron chi connectivity index (χ4n) is 4.32. The first-order valence-electron chi connectivity index (χ1n) is 11.0. The number of likely N-dealkylation sites (tertiary alicyclic amines) is 2. The van der Waals surface area contributed by atoms with Crippen molar-refractivity contribution in [3.63, 3.8) is 0 Å². The average molecular weight is 508 g/mol. The Kier molecular flexibility index (Phi) is 12.4. The molecule has 0 aliphatic carbocycles. The van der Waals surface area contributed by atoms with Crippen LogP contribution in [0.2, 0.25) is 0 Å². The molecule has 2 N–H and O–H groups in total. The molecule has 164 valence electrons. The Morgan fingerprint density at radius 2 is 1.79 bits per heavy atom. The Morgan fingerprint density at radius 3 is 2.32 bits per heavy atom. The van der Waals surface area contributed by atoms with E-state index >= 15 is 0 Å². The lowest BCUT2D eigenvalue weighted by molar-refractivity contribution is -0.121. The summed E-state index contributed by atoms with van der Waals surface area (Å²) in [5.74, 6) is 2.43. The number of halogens is 1. The Hall–Kier alpha value is -0.570. The van der Waals surface area contributed by atoms with Gasteiger partial charge >= 0.3 is 0 Å². The van der Waals surface area contributed by atoms with Gasteiger partial charge in [-0.2, -0.15) is 0 Å².